The number of hydrogen-bond acceptors (Lipinski definition) is 4. The first-order valence-electron chi connectivity index (χ1n) is 7.46. The minimum atomic E-state index is 0.204. The summed E-state index contributed by atoms with van der Waals surface area (Å²) in [7, 11) is 0. The zero-order valence-electron chi connectivity index (χ0n) is 13.2. The quantitative estimate of drug-likeness (QED) is 0.786. The van der Waals surface area contributed by atoms with Crippen LogP contribution in [0.15, 0.2) is 0 Å². The molecule has 19 heavy (non-hydrogen) atoms. The smallest absolute Gasteiger partial charge is 0.167 e. The SMILES string of the molecule is CCCNC(C)c1nnnn1CC(C(C)C)C(C)C. The van der Waals surface area contributed by atoms with Crippen molar-refractivity contribution >= 4 is 0 Å². The molecule has 1 heterocycles. The van der Waals surface area contributed by atoms with Crippen LogP contribution in [0.3, 0.4) is 0 Å². The summed E-state index contributed by atoms with van der Waals surface area (Å²) in [6, 6.07) is 0.204. The second-order valence-corrected chi connectivity index (χ2v) is 6.05. The summed E-state index contributed by atoms with van der Waals surface area (Å²) in [6.45, 7) is 15.3. The Bertz CT molecular complexity index is 350. The third kappa shape index (κ3) is 4.56. The molecule has 0 amide bonds. The molecule has 1 unspecified atom stereocenters. The van der Waals surface area contributed by atoms with Crippen molar-refractivity contribution in [2.75, 3.05) is 6.54 Å². The Morgan fingerprint density at radius 2 is 1.74 bits per heavy atom. The number of tetrazole rings is 1. The zero-order chi connectivity index (χ0) is 14.4. The van der Waals surface area contributed by atoms with Crippen molar-refractivity contribution in [3.8, 4) is 0 Å². The average molecular weight is 267 g/mol. The molecule has 0 aliphatic rings. The molecular weight excluding hydrogens is 238 g/mol. The molecule has 110 valence electrons. The van der Waals surface area contributed by atoms with Gasteiger partial charge < -0.3 is 5.32 Å². The number of hydrogen-bond donors (Lipinski definition) is 1. The van der Waals surface area contributed by atoms with Crippen molar-refractivity contribution in [1.29, 1.82) is 0 Å². The minimum Gasteiger partial charge on any atom is -0.307 e. The summed E-state index contributed by atoms with van der Waals surface area (Å²) in [6.07, 6.45) is 1.12. The van der Waals surface area contributed by atoms with Crippen LogP contribution in [0.2, 0.25) is 0 Å². The number of nitrogens with zero attached hydrogens (tertiary/aromatic N) is 4. The first-order chi connectivity index (χ1) is 8.97. The third-order valence-corrected chi connectivity index (χ3v) is 3.74. The third-order valence-electron chi connectivity index (χ3n) is 3.74. The molecule has 1 aromatic heterocycles. The molecule has 1 N–H and O–H groups in total. The van der Waals surface area contributed by atoms with E-state index in [1.165, 1.54) is 0 Å². The van der Waals surface area contributed by atoms with Crippen molar-refractivity contribution in [1.82, 2.24) is 25.5 Å². The van der Waals surface area contributed by atoms with Gasteiger partial charge >= 0.3 is 0 Å². The Labute approximate surface area is 117 Å². The average Bonchev–Trinajstić information content (AvgIpc) is 2.80. The predicted molar refractivity (Wildman–Crippen MR) is 77.7 cm³/mol. The monoisotopic (exact) mass is 267 g/mol. The van der Waals surface area contributed by atoms with E-state index in [2.05, 4.69) is 62.4 Å². The van der Waals surface area contributed by atoms with E-state index in [0.717, 1.165) is 25.3 Å². The Morgan fingerprint density at radius 1 is 1.11 bits per heavy atom. The molecule has 5 heteroatoms. The molecule has 1 atom stereocenters. The summed E-state index contributed by atoms with van der Waals surface area (Å²) in [4.78, 5) is 0. The maximum atomic E-state index is 4.18. The van der Waals surface area contributed by atoms with Crippen LogP contribution in [-0.2, 0) is 6.54 Å². The number of rotatable bonds is 8. The van der Waals surface area contributed by atoms with Gasteiger partial charge in [-0.15, -0.1) is 5.10 Å². The lowest BCUT2D eigenvalue weighted by Crippen LogP contribution is -2.27. The summed E-state index contributed by atoms with van der Waals surface area (Å²) >= 11 is 0. The van der Waals surface area contributed by atoms with Crippen molar-refractivity contribution < 1.29 is 0 Å². The van der Waals surface area contributed by atoms with Crippen LogP contribution in [0.4, 0.5) is 0 Å². The van der Waals surface area contributed by atoms with Crippen LogP contribution in [-0.4, -0.2) is 26.8 Å². The highest BCUT2D eigenvalue weighted by atomic mass is 15.5. The molecule has 5 nitrogen and oxygen atoms in total. The maximum Gasteiger partial charge on any atom is 0.167 e. The summed E-state index contributed by atoms with van der Waals surface area (Å²) in [5.41, 5.74) is 0. The van der Waals surface area contributed by atoms with Crippen LogP contribution < -0.4 is 5.32 Å². The normalized spacial score (nSPS) is 13.7. The Hall–Kier alpha value is -0.970. The highest BCUT2D eigenvalue weighted by Crippen LogP contribution is 2.23. The van der Waals surface area contributed by atoms with Crippen LogP contribution in [0.1, 0.15) is 59.8 Å². The van der Waals surface area contributed by atoms with E-state index in [1.807, 2.05) is 4.68 Å². The molecule has 0 spiro atoms. The van der Waals surface area contributed by atoms with E-state index < -0.39 is 0 Å². The van der Waals surface area contributed by atoms with Gasteiger partial charge in [-0.2, -0.15) is 0 Å². The first-order valence-corrected chi connectivity index (χ1v) is 7.46. The molecule has 0 bridgehead atoms. The van der Waals surface area contributed by atoms with Crippen LogP contribution in [0, 0.1) is 17.8 Å². The topological polar surface area (TPSA) is 55.6 Å². The first kappa shape index (κ1) is 16.1. The van der Waals surface area contributed by atoms with Gasteiger partial charge in [0.1, 0.15) is 0 Å². The van der Waals surface area contributed by atoms with Crippen molar-refractivity contribution in [3.05, 3.63) is 5.82 Å². The van der Waals surface area contributed by atoms with Gasteiger partial charge in [-0.25, -0.2) is 4.68 Å². The number of aromatic nitrogens is 4. The van der Waals surface area contributed by atoms with E-state index >= 15 is 0 Å². The summed E-state index contributed by atoms with van der Waals surface area (Å²) in [5.74, 6) is 2.81. The fourth-order valence-electron chi connectivity index (χ4n) is 2.49. The van der Waals surface area contributed by atoms with Crippen molar-refractivity contribution in [2.45, 2.75) is 60.5 Å². The standard InChI is InChI=1S/C14H29N5/c1-7-8-15-12(6)14-16-17-18-19(14)9-13(10(2)3)11(4)5/h10-13,15H,7-9H2,1-6H3. The minimum absolute atomic E-state index is 0.204. The van der Waals surface area contributed by atoms with E-state index in [9.17, 15) is 0 Å². The second-order valence-electron chi connectivity index (χ2n) is 6.05. The van der Waals surface area contributed by atoms with Crippen LogP contribution in [0.5, 0.6) is 0 Å². The molecule has 0 saturated carbocycles. The molecule has 0 radical (unpaired) electrons. The van der Waals surface area contributed by atoms with Gasteiger partial charge in [0.25, 0.3) is 0 Å². The Balaban J connectivity index is 2.76. The Kier molecular flexibility index (Phi) is 6.42. The molecule has 0 saturated heterocycles. The summed E-state index contributed by atoms with van der Waals surface area (Å²) < 4.78 is 1.97. The largest absolute Gasteiger partial charge is 0.307 e. The molecule has 0 aliphatic carbocycles. The summed E-state index contributed by atoms with van der Waals surface area (Å²) in [5, 5.41) is 15.6. The second kappa shape index (κ2) is 7.58. The maximum absolute atomic E-state index is 4.18. The molecule has 0 fully saturated rings. The van der Waals surface area contributed by atoms with E-state index in [1.54, 1.807) is 0 Å². The molecular formula is C14H29N5. The van der Waals surface area contributed by atoms with Gasteiger partial charge in [0, 0.05) is 6.54 Å². The lowest BCUT2D eigenvalue weighted by atomic mass is 9.85. The van der Waals surface area contributed by atoms with Gasteiger partial charge in [0.15, 0.2) is 5.82 Å². The number of nitrogens with one attached hydrogen (secondary N) is 1. The molecule has 0 aliphatic heterocycles. The fourth-order valence-corrected chi connectivity index (χ4v) is 2.49. The molecule has 0 aromatic carbocycles. The molecule has 1 rings (SSSR count). The van der Waals surface area contributed by atoms with Gasteiger partial charge in [-0.1, -0.05) is 34.6 Å². The highest BCUT2D eigenvalue weighted by molar-refractivity contribution is 4.90. The van der Waals surface area contributed by atoms with Crippen LogP contribution >= 0.6 is 0 Å². The van der Waals surface area contributed by atoms with E-state index in [-0.39, 0.29) is 6.04 Å². The fraction of sp³-hybridized carbons (Fsp3) is 0.929. The van der Waals surface area contributed by atoms with Gasteiger partial charge in [0.2, 0.25) is 0 Å². The van der Waals surface area contributed by atoms with E-state index in [4.69, 9.17) is 0 Å². The van der Waals surface area contributed by atoms with Gasteiger partial charge in [0.05, 0.1) is 6.04 Å². The van der Waals surface area contributed by atoms with Gasteiger partial charge in [-0.05, 0) is 48.1 Å². The highest BCUT2D eigenvalue weighted by Gasteiger charge is 2.22. The van der Waals surface area contributed by atoms with Gasteiger partial charge in [-0.3, -0.25) is 0 Å². The lowest BCUT2D eigenvalue weighted by Gasteiger charge is -2.25. The van der Waals surface area contributed by atoms with Crippen molar-refractivity contribution in [3.63, 3.8) is 0 Å². The van der Waals surface area contributed by atoms with Crippen LogP contribution in [0.25, 0.3) is 0 Å². The lowest BCUT2D eigenvalue weighted by molar-refractivity contribution is 0.236. The predicted octanol–water partition coefficient (Wildman–Crippen LogP) is 2.66. The Morgan fingerprint density at radius 3 is 2.26 bits per heavy atom. The molecule has 1 aromatic rings. The zero-order valence-corrected chi connectivity index (χ0v) is 13.2. The van der Waals surface area contributed by atoms with E-state index in [0.29, 0.717) is 17.8 Å². The van der Waals surface area contributed by atoms with Crippen molar-refractivity contribution in [2.24, 2.45) is 17.8 Å².